The van der Waals surface area contributed by atoms with E-state index in [4.69, 9.17) is 10.8 Å². The number of carboxylic acids is 1. The zero-order chi connectivity index (χ0) is 7.07. The Kier molecular flexibility index (Phi) is 1.24. The lowest BCUT2D eigenvalue weighted by atomic mass is 10.0. The number of aliphatic carboxylic acids is 1. The molecule has 1 atom stereocenters. The topological polar surface area (TPSA) is 63.3 Å². The molecular formula is C6H11NO2. The van der Waals surface area contributed by atoms with E-state index in [1.54, 1.807) is 0 Å². The predicted octanol–water partition coefficient (Wildman–Crippen LogP) is 0.198. The molecule has 3 nitrogen and oxygen atoms in total. The Bertz CT molecular complexity index is 140. The first kappa shape index (κ1) is 6.55. The molecule has 0 aliphatic heterocycles. The molecule has 1 rings (SSSR count). The van der Waals surface area contributed by atoms with Crippen LogP contribution in [-0.2, 0) is 4.79 Å². The quantitative estimate of drug-likeness (QED) is 0.559. The lowest BCUT2D eigenvalue weighted by Gasteiger charge is -2.12. The fourth-order valence-corrected chi connectivity index (χ4v) is 0.806. The van der Waals surface area contributed by atoms with Crippen LogP contribution in [0.15, 0.2) is 0 Å². The van der Waals surface area contributed by atoms with Gasteiger partial charge in [-0.15, -0.1) is 0 Å². The maximum absolute atomic E-state index is 10.3. The van der Waals surface area contributed by atoms with E-state index < -0.39 is 12.0 Å². The lowest BCUT2D eigenvalue weighted by Crippen LogP contribution is -2.37. The number of rotatable bonds is 2. The van der Waals surface area contributed by atoms with Crippen molar-refractivity contribution in [2.24, 2.45) is 11.1 Å². The molecule has 9 heavy (non-hydrogen) atoms. The summed E-state index contributed by atoms with van der Waals surface area (Å²) in [7, 11) is 0. The average Bonchev–Trinajstić information content (AvgIpc) is 2.47. The number of carbonyl (C=O) groups is 1. The predicted molar refractivity (Wildman–Crippen MR) is 33.0 cm³/mol. The van der Waals surface area contributed by atoms with Gasteiger partial charge < -0.3 is 10.8 Å². The van der Waals surface area contributed by atoms with Crippen molar-refractivity contribution < 1.29 is 9.90 Å². The molecule has 1 fully saturated rings. The number of hydrogen-bond donors (Lipinski definition) is 2. The Labute approximate surface area is 53.9 Å². The van der Waals surface area contributed by atoms with Gasteiger partial charge in [-0.3, -0.25) is 4.79 Å². The van der Waals surface area contributed by atoms with Crippen molar-refractivity contribution in [3.8, 4) is 0 Å². The van der Waals surface area contributed by atoms with E-state index in [0.717, 1.165) is 12.8 Å². The summed E-state index contributed by atoms with van der Waals surface area (Å²) in [5, 5.41) is 8.43. The molecule has 0 aromatic heterocycles. The minimum atomic E-state index is -0.880. The Morgan fingerprint density at radius 3 is 2.33 bits per heavy atom. The van der Waals surface area contributed by atoms with Gasteiger partial charge in [-0.05, 0) is 18.3 Å². The summed E-state index contributed by atoms with van der Waals surface area (Å²) in [6.45, 7) is 1.91. The van der Waals surface area contributed by atoms with Crippen molar-refractivity contribution in [1.82, 2.24) is 0 Å². The van der Waals surface area contributed by atoms with E-state index in [0.29, 0.717) is 0 Å². The van der Waals surface area contributed by atoms with E-state index in [2.05, 4.69) is 0 Å². The van der Waals surface area contributed by atoms with E-state index in [1.165, 1.54) is 0 Å². The summed E-state index contributed by atoms with van der Waals surface area (Å²) in [5.41, 5.74) is 5.27. The van der Waals surface area contributed by atoms with E-state index in [1.807, 2.05) is 6.92 Å². The van der Waals surface area contributed by atoms with Crippen molar-refractivity contribution in [1.29, 1.82) is 0 Å². The van der Waals surface area contributed by atoms with Gasteiger partial charge in [-0.25, -0.2) is 0 Å². The monoisotopic (exact) mass is 129 g/mol. The summed E-state index contributed by atoms with van der Waals surface area (Å²) in [4.78, 5) is 10.3. The summed E-state index contributed by atoms with van der Waals surface area (Å²) >= 11 is 0. The highest BCUT2D eigenvalue weighted by Gasteiger charge is 2.46. The van der Waals surface area contributed by atoms with Crippen molar-refractivity contribution in [3.05, 3.63) is 0 Å². The number of hydrogen-bond acceptors (Lipinski definition) is 2. The molecule has 1 saturated carbocycles. The third kappa shape index (κ3) is 1.05. The Balaban J connectivity index is 2.52. The molecule has 0 saturated heterocycles. The van der Waals surface area contributed by atoms with Crippen LogP contribution in [0.1, 0.15) is 19.8 Å². The molecule has 0 bridgehead atoms. The molecule has 0 aromatic rings. The second-order valence-electron chi connectivity index (χ2n) is 2.97. The van der Waals surface area contributed by atoms with Gasteiger partial charge in [0.25, 0.3) is 0 Å². The van der Waals surface area contributed by atoms with Crippen LogP contribution in [-0.4, -0.2) is 17.1 Å². The van der Waals surface area contributed by atoms with Crippen LogP contribution in [0.25, 0.3) is 0 Å². The summed E-state index contributed by atoms with van der Waals surface area (Å²) in [5.74, 6) is -0.880. The Morgan fingerprint density at radius 1 is 1.78 bits per heavy atom. The van der Waals surface area contributed by atoms with Gasteiger partial charge >= 0.3 is 5.97 Å². The highest BCUT2D eigenvalue weighted by molar-refractivity contribution is 5.74. The molecule has 52 valence electrons. The van der Waals surface area contributed by atoms with Gasteiger partial charge in [-0.2, -0.15) is 0 Å². The normalized spacial score (nSPS) is 25.1. The molecule has 1 aliphatic rings. The second kappa shape index (κ2) is 1.70. The zero-order valence-corrected chi connectivity index (χ0v) is 5.42. The summed E-state index contributed by atoms with van der Waals surface area (Å²) in [6.07, 6.45) is 1.92. The minimum absolute atomic E-state index is 0.0914. The van der Waals surface area contributed by atoms with Crippen LogP contribution >= 0.6 is 0 Å². The molecule has 0 amide bonds. The van der Waals surface area contributed by atoms with Crippen LogP contribution in [0.3, 0.4) is 0 Å². The molecule has 0 unspecified atom stereocenters. The first-order valence-corrected chi connectivity index (χ1v) is 3.05. The second-order valence-corrected chi connectivity index (χ2v) is 2.97. The molecule has 1 aliphatic carbocycles. The fraction of sp³-hybridized carbons (Fsp3) is 0.833. The van der Waals surface area contributed by atoms with Gasteiger partial charge in [0, 0.05) is 0 Å². The number of carboxylic acid groups (broad SMARTS) is 1. The van der Waals surface area contributed by atoms with Crippen LogP contribution in [0.5, 0.6) is 0 Å². The highest BCUT2D eigenvalue weighted by atomic mass is 16.4. The summed E-state index contributed by atoms with van der Waals surface area (Å²) < 4.78 is 0. The smallest absolute Gasteiger partial charge is 0.321 e. The molecule has 0 radical (unpaired) electrons. The van der Waals surface area contributed by atoms with Gasteiger partial charge in [-0.1, -0.05) is 6.92 Å². The average molecular weight is 129 g/mol. The van der Waals surface area contributed by atoms with Crippen molar-refractivity contribution in [2.45, 2.75) is 25.8 Å². The van der Waals surface area contributed by atoms with Gasteiger partial charge in [0.2, 0.25) is 0 Å². The molecule has 0 aromatic carbocycles. The standard InChI is InChI=1S/C6H11NO2/c1-6(2-3-6)4(7)5(8)9/h4H,2-3,7H2,1H3,(H,8,9)/t4-/m0/s1. The van der Waals surface area contributed by atoms with Crippen LogP contribution in [0, 0.1) is 5.41 Å². The van der Waals surface area contributed by atoms with Gasteiger partial charge in [0.05, 0.1) is 0 Å². The van der Waals surface area contributed by atoms with E-state index in [9.17, 15) is 4.79 Å². The van der Waals surface area contributed by atoms with Gasteiger partial charge in [0.15, 0.2) is 0 Å². The molecule has 3 N–H and O–H groups in total. The highest BCUT2D eigenvalue weighted by Crippen LogP contribution is 2.47. The lowest BCUT2D eigenvalue weighted by molar-refractivity contribution is -0.140. The maximum atomic E-state index is 10.3. The SMILES string of the molecule is CC1([C@@H](N)C(=O)O)CC1. The fourth-order valence-electron chi connectivity index (χ4n) is 0.806. The summed E-state index contributed by atoms with van der Waals surface area (Å²) in [6, 6.07) is -0.655. The minimum Gasteiger partial charge on any atom is -0.480 e. The largest absolute Gasteiger partial charge is 0.480 e. The van der Waals surface area contributed by atoms with E-state index >= 15 is 0 Å². The molecule has 3 heteroatoms. The maximum Gasteiger partial charge on any atom is 0.321 e. The number of nitrogens with two attached hydrogens (primary N) is 1. The third-order valence-corrected chi connectivity index (χ3v) is 2.06. The van der Waals surface area contributed by atoms with Gasteiger partial charge in [0.1, 0.15) is 6.04 Å². The first-order valence-electron chi connectivity index (χ1n) is 3.05. The van der Waals surface area contributed by atoms with Crippen LogP contribution < -0.4 is 5.73 Å². The molecule has 0 spiro atoms. The van der Waals surface area contributed by atoms with Crippen molar-refractivity contribution in [3.63, 3.8) is 0 Å². The van der Waals surface area contributed by atoms with E-state index in [-0.39, 0.29) is 5.41 Å². The molecule has 0 heterocycles. The molecular weight excluding hydrogens is 118 g/mol. The van der Waals surface area contributed by atoms with Crippen molar-refractivity contribution >= 4 is 5.97 Å². The third-order valence-electron chi connectivity index (χ3n) is 2.06. The van der Waals surface area contributed by atoms with Crippen molar-refractivity contribution in [2.75, 3.05) is 0 Å². The van der Waals surface area contributed by atoms with Crippen LogP contribution in [0.2, 0.25) is 0 Å². The zero-order valence-electron chi connectivity index (χ0n) is 5.42. The Morgan fingerprint density at radius 2 is 2.22 bits per heavy atom. The Hall–Kier alpha value is -0.570. The van der Waals surface area contributed by atoms with Crippen LogP contribution in [0.4, 0.5) is 0 Å². The first-order chi connectivity index (χ1) is 4.06.